The molecule has 7 nitrogen and oxygen atoms in total. The van der Waals surface area contributed by atoms with Crippen LogP contribution in [0.3, 0.4) is 0 Å². The van der Waals surface area contributed by atoms with Gasteiger partial charge in [0.05, 0.1) is 12.3 Å². The zero-order chi connectivity index (χ0) is 25.5. The molecule has 1 aliphatic heterocycles. The van der Waals surface area contributed by atoms with Crippen molar-refractivity contribution < 1.29 is 23.9 Å². The summed E-state index contributed by atoms with van der Waals surface area (Å²) >= 11 is 6.00. The molecule has 4 rings (SSSR count). The Bertz CT molecular complexity index is 1290. The number of unbranched alkanes of at least 4 members (excludes halogenated alkanes) is 1. The van der Waals surface area contributed by atoms with E-state index < -0.39 is 17.8 Å². The molecular formula is C28H25ClN2O5. The summed E-state index contributed by atoms with van der Waals surface area (Å²) in [7, 11) is 0. The van der Waals surface area contributed by atoms with Crippen LogP contribution in [-0.2, 0) is 16.2 Å². The molecule has 1 aliphatic rings. The lowest BCUT2D eigenvalue weighted by molar-refractivity contribution is -0.122. The van der Waals surface area contributed by atoms with Gasteiger partial charge in [-0.05, 0) is 72.2 Å². The van der Waals surface area contributed by atoms with Gasteiger partial charge in [-0.25, -0.2) is 9.69 Å². The number of benzene rings is 3. The van der Waals surface area contributed by atoms with Gasteiger partial charge in [0.25, 0.3) is 11.8 Å². The van der Waals surface area contributed by atoms with Crippen LogP contribution in [0.1, 0.15) is 30.9 Å². The number of hydrogen-bond acceptors (Lipinski definition) is 5. The van der Waals surface area contributed by atoms with E-state index in [1.54, 1.807) is 54.6 Å². The Hall–Kier alpha value is -4.10. The monoisotopic (exact) mass is 504 g/mol. The molecule has 0 saturated carbocycles. The fourth-order valence-corrected chi connectivity index (χ4v) is 3.75. The van der Waals surface area contributed by atoms with Crippen molar-refractivity contribution in [1.29, 1.82) is 0 Å². The Morgan fingerprint density at radius 1 is 0.917 bits per heavy atom. The molecule has 0 aromatic heterocycles. The number of urea groups is 1. The first-order valence-electron chi connectivity index (χ1n) is 11.6. The number of nitrogens with zero attached hydrogens (tertiary/aromatic N) is 1. The van der Waals surface area contributed by atoms with E-state index in [0.717, 1.165) is 23.3 Å². The molecule has 0 bridgehead atoms. The summed E-state index contributed by atoms with van der Waals surface area (Å²) in [6.07, 6.45) is 3.39. The van der Waals surface area contributed by atoms with E-state index in [9.17, 15) is 14.4 Å². The number of ether oxygens (including phenoxy) is 2. The normalized spacial score (nSPS) is 14.7. The number of barbiturate groups is 1. The van der Waals surface area contributed by atoms with Gasteiger partial charge in [-0.15, -0.1) is 0 Å². The van der Waals surface area contributed by atoms with Crippen LogP contribution in [0.15, 0.2) is 78.4 Å². The highest BCUT2D eigenvalue weighted by Gasteiger charge is 2.36. The van der Waals surface area contributed by atoms with Gasteiger partial charge in [0, 0.05) is 5.02 Å². The first-order valence-corrected chi connectivity index (χ1v) is 11.9. The number of carbonyl (C=O) groups excluding carboxylic acids is 3. The highest BCUT2D eigenvalue weighted by Crippen LogP contribution is 2.25. The summed E-state index contributed by atoms with van der Waals surface area (Å²) in [5.41, 5.74) is 1.73. The fraction of sp³-hybridized carbons (Fsp3) is 0.179. The summed E-state index contributed by atoms with van der Waals surface area (Å²) in [5.74, 6) is -0.192. The molecule has 1 N–H and O–H groups in total. The predicted molar refractivity (Wildman–Crippen MR) is 138 cm³/mol. The first kappa shape index (κ1) is 25.0. The molecule has 8 heteroatoms. The van der Waals surface area contributed by atoms with Crippen molar-refractivity contribution in [2.45, 2.75) is 26.4 Å². The van der Waals surface area contributed by atoms with Gasteiger partial charge in [0.2, 0.25) is 0 Å². The number of hydrogen-bond donors (Lipinski definition) is 1. The number of halogens is 1. The van der Waals surface area contributed by atoms with E-state index in [2.05, 4.69) is 12.2 Å². The zero-order valence-electron chi connectivity index (χ0n) is 19.7. The zero-order valence-corrected chi connectivity index (χ0v) is 20.5. The van der Waals surface area contributed by atoms with Crippen LogP contribution in [0.2, 0.25) is 5.02 Å². The summed E-state index contributed by atoms with van der Waals surface area (Å²) < 4.78 is 11.4. The van der Waals surface area contributed by atoms with Crippen LogP contribution in [0, 0.1) is 0 Å². The molecule has 1 fully saturated rings. The molecule has 0 unspecified atom stereocenters. The van der Waals surface area contributed by atoms with Crippen LogP contribution in [0.25, 0.3) is 6.08 Å². The van der Waals surface area contributed by atoms with Gasteiger partial charge >= 0.3 is 6.03 Å². The van der Waals surface area contributed by atoms with Crippen molar-refractivity contribution in [2.24, 2.45) is 0 Å². The molecule has 0 atom stereocenters. The minimum Gasteiger partial charge on any atom is -0.494 e. The maximum atomic E-state index is 13.1. The standard InChI is InChI=1S/C28H25ClN2O5/c1-2-3-15-35-23-13-9-22(10-14-23)31-27(33)25(26(32)30-28(31)34)17-19-7-11-24(12-8-19)36-18-20-5-4-6-21(29)16-20/h4-14,16-17H,2-3,15,18H2,1H3,(H,30,32,34)/b25-17-. The third kappa shape index (κ3) is 6.12. The number of anilines is 1. The van der Waals surface area contributed by atoms with Crippen molar-refractivity contribution in [3.05, 3.63) is 94.5 Å². The van der Waals surface area contributed by atoms with Crippen LogP contribution < -0.4 is 19.7 Å². The Balaban J connectivity index is 1.46. The van der Waals surface area contributed by atoms with E-state index in [-0.39, 0.29) is 5.57 Å². The van der Waals surface area contributed by atoms with Crippen LogP contribution >= 0.6 is 11.6 Å². The Kier molecular flexibility index (Phi) is 8.02. The highest BCUT2D eigenvalue weighted by atomic mass is 35.5. The average Bonchev–Trinajstić information content (AvgIpc) is 2.87. The van der Waals surface area contributed by atoms with E-state index >= 15 is 0 Å². The lowest BCUT2D eigenvalue weighted by Crippen LogP contribution is -2.54. The first-order chi connectivity index (χ1) is 17.4. The minimum atomic E-state index is -0.799. The van der Waals surface area contributed by atoms with Gasteiger partial charge in [0.1, 0.15) is 23.7 Å². The number of amides is 4. The number of rotatable bonds is 9. The van der Waals surface area contributed by atoms with Gasteiger partial charge in [-0.3, -0.25) is 14.9 Å². The summed E-state index contributed by atoms with van der Waals surface area (Å²) in [4.78, 5) is 38.9. The van der Waals surface area contributed by atoms with Gasteiger partial charge < -0.3 is 9.47 Å². The van der Waals surface area contributed by atoms with Crippen molar-refractivity contribution in [2.75, 3.05) is 11.5 Å². The molecule has 0 radical (unpaired) electrons. The van der Waals surface area contributed by atoms with Crippen molar-refractivity contribution >= 4 is 41.2 Å². The van der Waals surface area contributed by atoms with Crippen LogP contribution in [-0.4, -0.2) is 24.5 Å². The molecule has 1 heterocycles. The second kappa shape index (κ2) is 11.6. The Morgan fingerprint density at radius 3 is 2.31 bits per heavy atom. The van der Waals surface area contributed by atoms with Gasteiger partial charge in [0.15, 0.2) is 0 Å². The van der Waals surface area contributed by atoms with Crippen molar-refractivity contribution in [3.63, 3.8) is 0 Å². The van der Waals surface area contributed by atoms with E-state index in [0.29, 0.717) is 41.0 Å². The Morgan fingerprint density at radius 2 is 1.61 bits per heavy atom. The average molecular weight is 505 g/mol. The molecule has 0 spiro atoms. The molecule has 1 saturated heterocycles. The molecular weight excluding hydrogens is 480 g/mol. The second-order valence-electron chi connectivity index (χ2n) is 8.14. The van der Waals surface area contributed by atoms with E-state index in [1.165, 1.54) is 6.08 Å². The maximum absolute atomic E-state index is 13.1. The molecule has 36 heavy (non-hydrogen) atoms. The number of nitrogens with one attached hydrogen (secondary N) is 1. The van der Waals surface area contributed by atoms with E-state index in [4.69, 9.17) is 21.1 Å². The topological polar surface area (TPSA) is 84.9 Å². The molecule has 4 amide bonds. The lowest BCUT2D eigenvalue weighted by atomic mass is 10.1. The second-order valence-corrected chi connectivity index (χ2v) is 8.58. The lowest BCUT2D eigenvalue weighted by Gasteiger charge is -2.26. The molecule has 3 aromatic rings. The van der Waals surface area contributed by atoms with Gasteiger partial charge in [-0.2, -0.15) is 0 Å². The third-order valence-electron chi connectivity index (χ3n) is 5.45. The SMILES string of the molecule is CCCCOc1ccc(N2C(=O)NC(=O)/C(=C/c3ccc(OCc4cccc(Cl)c4)cc3)C2=O)cc1. The minimum absolute atomic E-state index is 0.148. The summed E-state index contributed by atoms with van der Waals surface area (Å²) in [5, 5.41) is 2.87. The predicted octanol–water partition coefficient (Wildman–Crippen LogP) is 5.76. The highest BCUT2D eigenvalue weighted by molar-refractivity contribution is 6.39. The fourth-order valence-electron chi connectivity index (χ4n) is 3.54. The quantitative estimate of drug-likeness (QED) is 0.227. The number of imide groups is 2. The smallest absolute Gasteiger partial charge is 0.335 e. The molecule has 0 aliphatic carbocycles. The van der Waals surface area contributed by atoms with Crippen molar-refractivity contribution in [3.8, 4) is 11.5 Å². The third-order valence-corrected chi connectivity index (χ3v) is 5.68. The summed E-state index contributed by atoms with van der Waals surface area (Å²) in [6, 6.07) is 20.1. The summed E-state index contributed by atoms with van der Waals surface area (Å²) in [6.45, 7) is 3.01. The number of carbonyl (C=O) groups is 3. The largest absolute Gasteiger partial charge is 0.494 e. The maximum Gasteiger partial charge on any atom is 0.335 e. The molecule has 184 valence electrons. The Labute approximate surface area is 214 Å². The van der Waals surface area contributed by atoms with Crippen LogP contribution in [0.4, 0.5) is 10.5 Å². The van der Waals surface area contributed by atoms with Crippen LogP contribution in [0.5, 0.6) is 11.5 Å². The van der Waals surface area contributed by atoms with E-state index in [1.807, 2.05) is 18.2 Å². The van der Waals surface area contributed by atoms with Gasteiger partial charge in [-0.1, -0.05) is 49.2 Å². The molecule has 3 aromatic carbocycles. The van der Waals surface area contributed by atoms with Crippen molar-refractivity contribution in [1.82, 2.24) is 5.32 Å².